The van der Waals surface area contributed by atoms with Crippen molar-refractivity contribution < 1.29 is 23.5 Å². The smallest absolute Gasteiger partial charge is 0.251 e. The third-order valence-corrected chi connectivity index (χ3v) is 3.52. The average Bonchev–Trinajstić information content (AvgIpc) is 2.62. The SMILES string of the molecule is COc1cc(OC)cc(C(=O)NCC(=O)Nc2ccc(F)c(Cl)c2)c1. The van der Waals surface area contributed by atoms with Crippen molar-refractivity contribution >= 4 is 29.1 Å². The molecule has 0 spiro atoms. The highest BCUT2D eigenvalue weighted by molar-refractivity contribution is 6.31. The molecule has 0 aliphatic heterocycles. The van der Waals surface area contributed by atoms with Crippen LogP contribution in [0.5, 0.6) is 11.5 Å². The Morgan fingerprint density at radius 2 is 1.72 bits per heavy atom. The molecule has 0 heterocycles. The van der Waals surface area contributed by atoms with E-state index < -0.39 is 17.6 Å². The molecule has 0 unspecified atom stereocenters. The minimum Gasteiger partial charge on any atom is -0.497 e. The molecule has 2 rings (SSSR count). The second kappa shape index (κ2) is 8.34. The fraction of sp³-hybridized carbons (Fsp3) is 0.176. The number of anilines is 1. The zero-order chi connectivity index (χ0) is 18.4. The van der Waals surface area contributed by atoms with Gasteiger partial charge in [-0.2, -0.15) is 0 Å². The van der Waals surface area contributed by atoms with Crippen molar-refractivity contribution in [1.82, 2.24) is 5.32 Å². The van der Waals surface area contributed by atoms with Gasteiger partial charge in [-0.25, -0.2) is 4.39 Å². The van der Waals surface area contributed by atoms with Gasteiger partial charge >= 0.3 is 0 Å². The summed E-state index contributed by atoms with van der Waals surface area (Å²) < 4.78 is 23.3. The molecular formula is C17H16ClFN2O4. The van der Waals surface area contributed by atoms with Crippen molar-refractivity contribution in [3.8, 4) is 11.5 Å². The van der Waals surface area contributed by atoms with Crippen molar-refractivity contribution in [2.24, 2.45) is 0 Å². The monoisotopic (exact) mass is 366 g/mol. The maximum Gasteiger partial charge on any atom is 0.251 e. The quantitative estimate of drug-likeness (QED) is 0.824. The van der Waals surface area contributed by atoms with Gasteiger partial charge in [0, 0.05) is 17.3 Å². The van der Waals surface area contributed by atoms with Crippen LogP contribution in [0.1, 0.15) is 10.4 Å². The van der Waals surface area contributed by atoms with Crippen molar-refractivity contribution in [3.63, 3.8) is 0 Å². The maximum absolute atomic E-state index is 13.1. The highest BCUT2D eigenvalue weighted by atomic mass is 35.5. The minimum absolute atomic E-state index is 0.106. The molecule has 2 aromatic rings. The highest BCUT2D eigenvalue weighted by Crippen LogP contribution is 2.22. The first-order valence-corrected chi connectivity index (χ1v) is 7.57. The number of nitrogens with one attached hydrogen (secondary N) is 2. The highest BCUT2D eigenvalue weighted by Gasteiger charge is 2.12. The van der Waals surface area contributed by atoms with Crippen LogP contribution in [-0.4, -0.2) is 32.6 Å². The van der Waals surface area contributed by atoms with E-state index in [1.165, 1.54) is 38.5 Å². The molecule has 0 fully saturated rings. The molecule has 0 aromatic heterocycles. The number of amides is 2. The van der Waals surface area contributed by atoms with Crippen LogP contribution in [0.15, 0.2) is 36.4 Å². The second-order valence-corrected chi connectivity index (χ2v) is 5.37. The zero-order valence-electron chi connectivity index (χ0n) is 13.6. The Labute approximate surface area is 148 Å². The molecule has 0 saturated carbocycles. The van der Waals surface area contributed by atoms with Gasteiger partial charge in [0.05, 0.1) is 25.8 Å². The normalized spacial score (nSPS) is 10.1. The molecule has 6 nitrogen and oxygen atoms in total. The van der Waals surface area contributed by atoms with Gasteiger partial charge in [0.1, 0.15) is 17.3 Å². The number of carbonyl (C=O) groups excluding carboxylic acids is 2. The molecule has 2 N–H and O–H groups in total. The van der Waals surface area contributed by atoms with Crippen LogP contribution >= 0.6 is 11.6 Å². The lowest BCUT2D eigenvalue weighted by Gasteiger charge is -2.10. The second-order valence-electron chi connectivity index (χ2n) is 4.96. The van der Waals surface area contributed by atoms with E-state index in [-0.39, 0.29) is 17.1 Å². The number of rotatable bonds is 6. The summed E-state index contributed by atoms with van der Waals surface area (Å²) in [6.07, 6.45) is 0. The van der Waals surface area contributed by atoms with Crippen LogP contribution in [0.3, 0.4) is 0 Å². The van der Waals surface area contributed by atoms with Crippen LogP contribution in [0.25, 0.3) is 0 Å². The predicted molar refractivity (Wildman–Crippen MR) is 91.9 cm³/mol. The Morgan fingerprint density at radius 1 is 1.08 bits per heavy atom. The summed E-state index contributed by atoms with van der Waals surface area (Å²) in [7, 11) is 2.94. The first-order valence-electron chi connectivity index (χ1n) is 7.19. The summed E-state index contributed by atoms with van der Waals surface area (Å²) in [5, 5.41) is 4.88. The van der Waals surface area contributed by atoms with Crippen LogP contribution in [0.2, 0.25) is 5.02 Å². The topological polar surface area (TPSA) is 76.7 Å². The Hall–Kier alpha value is -2.80. The van der Waals surface area contributed by atoms with E-state index in [2.05, 4.69) is 10.6 Å². The summed E-state index contributed by atoms with van der Waals surface area (Å²) in [5.41, 5.74) is 0.613. The molecule has 0 aliphatic rings. The Balaban J connectivity index is 1.97. The summed E-state index contributed by atoms with van der Waals surface area (Å²) in [6.45, 7) is -0.270. The lowest BCUT2D eigenvalue weighted by atomic mass is 10.2. The van der Waals surface area contributed by atoms with E-state index in [1.807, 2.05) is 0 Å². The third-order valence-electron chi connectivity index (χ3n) is 3.23. The minimum atomic E-state index is -0.583. The molecule has 8 heteroatoms. The molecule has 0 bridgehead atoms. The number of carbonyl (C=O) groups is 2. The maximum atomic E-state index is 13.1. The number of hydrogen-bond donors (Lipinski definition) is 2. The van der Waals surface area contributed by atoms with Gasteiger partial charge in [-0.1, -0.05) is 11.6 Å². The van der Waals surface area contributed by atoms with Crippen molar-refractivity contribution in [2.75, 3.05) is 26.1 Å². The number of ether oxygens (including phenoxy) is 2. The first-order chi connectivity index (χ1) is 11.9. The molecule has 0 aliphatic carbocycles. The third kappa shape index (κ3) is 5.09. The van der Waals surface area contributed by atoms with E-state index in [0.717, 1.165) is 6.07 Å². The zero-order valence-corrected chi connectivity index (χ0v) is 14.3. The predicted octanol–water partition coefficient (Wildman–Crippen LogP) is 2.86. The fourth-order valence-corrected chi connectivity index (χ4v) is 2.16. The van der Waals surface area contributed by atoms with E-state index in [0.29, 0.717) is 17.2 Å². The van der Waals surface area contributed by atoms with Gasteiger partial charge in [-0.05, 0) is 30.3 Å². The fourth-order valence-electron chi connectivity index (χ4n) is 1.98. The molecule has 25 heavy (non-hydrogen) atoms. The Kier molecular flexibility index (Phi) is 6.19. The number of hydrogen-bond acceptors (Lipinski definition) is 4. The van der Waals surface area contributed by atoms with Gasteiger partial charge in [0.25, 0.3) is 5.91 Å². The van der Waals surface area contributed by atoms with Crippen molar-refractivity contribution in [2.45, 2.75) is 0 Å². The summed E-state index contributed by atoms with van der Waals surface area (Å²) in [5.74, 6) is -0.625. The largest absolute Gasteiger partial charge is 0.497 e. The van der Waals surface area contributed by atoms with E-state index in [4.69, 9.17) is 21.1 Å². The summed E-state index contributed by atoms with van der Waals surface area (Å²) >= 11 is 5.64. The van der Waals surface area contributed by atoms with Gasteiger partial charge in [-0.15, -0.1) is 0 Å². The van der Waals surface area contributed by atoms with Gasteiger partial charge in [-0.3, -0.25) is 9.59 Å². The van der Waals surface area contributed by atoms with Gasteiger partial charge in [0.15, 0.2) is 0 Å². The van der Waals surface area contributed by atoms with Gasteiger partial charge in [0.2, 0.25) is 5.91 Å². The van der Waals surface area contributed by atoms with Crippen LogP contribution < -0.4 is 20.1 Å². The van der Waals surface area contributed by atoms with Crippen molar-refractivity contribution in [1.29, 1.82) is 0 Å². The molecule has 0 radical (unpaired) electrons. The standard InChI is InChI=1S/C17H16ClFN2O4/c1-24-12-5-10(6-13(8-12)25-2)17(23)20-9-16(22)21-11-3-4-15(19)14(18)7-11/h3-8H,9H2,1-2H3,(H,20,23)(H,21,22). The van der Waals surface area contributed by atoms with E-state index in [1.54, 1.807) is 6.07 Å². The van der Waals surface area contributed by atoms with Crippen LogP contribution in [0, 0.1) is 5.82 Å². The molecule has 0 atom stereocenters. The van der Waals surface area contributed by atoms with E-state index >= 15 is 0 Å². The Morgan fingerprint density at radius 3 is 2.28 bits per heavy atom. The molecule has 0 saturated heterocycles. The summed E-state index contributed by atoms with van der Waals surface area (Å²) in [4.78, 5) is 24.0. The van der Waals surface area contributed by atoms with Crippen molar-refractivity contribution in [3.05, 3.63) is 52.8 Å². The lowest BCUT2D eigenvalue weighted by Crippen LogP contribution is -2.32. The van der Waals surface area contributed by atoms with Crippen LogP contribution in [0.4, 0.5) is 10.1 Å². The number of halogens is 2. The van der Waals surface area contributed by atoms with Gasteiger partial charge < -0.3 is 20.1 Å². The number of methoxy groups -OCH3 is 2. The molecular weight excluding hydrogens is 351 g/mol. The Bertz CT molecular complexity index is 776. The number of benzene rings is 2. The van der Waals surface area contributed by atoms with E-state index in [9.17, 15) is 14.0 Å². The molecule has 2 aromatic carbocycles. The lowest BCUT2D eigenvalue weighted by molar-refractivity contribution is -0.115. The van der Waals surface area contributed by atoms with Crippen LogP contribution in [-0.2, 0) is 4.79 Å². The average molecular weight is 367 g/mol. The summed E-state index contributed by atoms with van der Waals surface area (Å²) in [6, 6.07) is 8.46. The first kappa shape index (κ1) is 18.5. The molecule has 132 valence electrons. The molecule has 2 amide bonds.